The van der Waals surface area contributed by atoms with Gasteiger partial charge in [0.05, 0.1) is 0 Å². The van der Waals surface area contributed by atoms with Gasteiger partial charge < -0.3 is 14.2 Å². The molecule has 0 aliphatic rings. The summed E-state index contributed by atoms with van der Waals surface area (Å²) in [5.41, 5.74) is 0. The quantitative estimate of drug-likeness (QED) is 0.0261. The molecule has 0 spiro atoms. The Balaban J connectivity index is 4.33. The molecule has 0 heterocycles. The molecule has 1 atom stereocenters. The summed E-state index contributed by atoms with van der Waals surface area (Å²) in [5, 5.41) is 0. The Morgan fingerprint density at radius 3 is 0.812 bits per heavy atom. The molecular weight excluding hydrogens is 985 g/mol. The highest BCUT2D eigenvalue weighted by Gasteiger charge is 2.19. The first-order chi connectivity index (χ1) is 39.5. The van der Waals surface area contributed by atoms with Crippen molar-refractivity contribution in [3.8, 4) is 0 Å². The number of hydrogen-bond donors (Lipinski definition) is 0. The number of hydrogen-bond acceptors (Lipinski definition) is 6. The van der Waals surface area contributed by atoms with Crippen LogP contribution in [0, 0.1) is 0 Å². The highest BCUT2D eigenvalue weighted by atomic mass is 16.6. The lowest BCUT2D eigenvalue weighted by Crippen LogP contribution is -2.30. The average molecular weight is 1110 g/mol. The molecule has 0 aliphatic carbocycles. The van der Waals surface area contributed by atoms with Gasteiger partial charge in [0.2, 0.25) is 0 Å². The minimum atomic E-state index is -0.814. The highest BCUT2D eigenvalue weighted by Crippen LogP contribution is 2.16. The first kappa shape index (κ1) is 75.8. The lowest BCUT2D eigenvalue weighted by Gasteiger charge is -2.18. The van der Waals surface area contributed by atoms with E-state index in [1.54, 1.807) is 0 Å². The molecule has 6 nitrogen and oxygen atoms in total. The van der Waals surface area contributed by atoms with Gasteiger partial charge in [-0.2, -0.15) is 0 Å². The van der Waals surface area contributed by atoms with Crippen molar-refractivity contribution >= 4 is 17.9 Å². The third-order valence-corrected chi connectivity index (χ3v) is 14.2. The maximum absolute atomic E-state index is 12.9. The maximum atomic E-state index is 12.9. The zero-order chi connectivity index (χ0) is 57.8. The predicted octanol–water partition coefficient (Wildman–Crippen LogP) is 23.2. The Bertz CT molecular complexity index is 1650. The van der Waals surface area contributed by atoms with Gasteiger partial charge in [-0.25, -0.2) is 0 Å². The number of carbonyl (C=O) groups excluding carboxylic acids is 3. The van der Waals surface area contributed by atoms with Crippen LogP contribution in [0.15, 0.2) is 122 Å². The van der Waals surface area contributed by atoms with E-state index >= 15 is 0 Å². The van der Waals surface area contributed by atoms with Gasteiger partial charge in [0.1, 0.15) is 13.2 Å². The van der Waals surface area contributed by atoms with Gasteiger partial charge in [-0.1, -0.05) is 290 Å². The number of ether oxygens (including phenoxy) is 3. The van der Waals surface area contributed by atoms with Crippen molar-refractivity contribution in [2.75, 3.05) is 13.2 Å². The SMILES string of the molecule is CC/C=C\C/C=C\C/C=C\C/C=C\C/C=C\CCCC(=O)OC(COC(=O)CCCCCCC/C=C\CCCCCCCCC)COC(=O)CCCCCCCCCCCCCCCCCC/C=C\C/C=C\C/C=C\C/C=C\CC. The van der Waals surface area contributed by atoms with E-state index in [2.05, 4.69) is 142 Å². The third-order valence-electron chi connectivity index (χ3n) is 14.2. The van der Waals surface area contributed by atoms with E-state index in [0.717, 1.165) is 116 Å². The fourth-order valence-electron chi connectivity index (χ4n) is 9.23. The molecular formula is C74H124O6. The van der Waals surface area contributed by atoms with Crippen LogP contribution in [-0.4, -0.2) is 37.2 Å². The van der Waals surface area contributed by atoms with E-state index in [9.17, 15) is 14.4 Å². The molecule has 0 rings (SSSR count). The van der Waals surface area contributed by atoms with Gasteiger partial charge in [0.15, 0.2) is 6.10 Å². The van der Waals surface area contributed by atoms with E-state index in [-0.39, 0.29) is 37.5 Å². The summed E-state index contributed by atoms with van der Waals surface area (Å²) in [6.07, 6.45) is 93.7. The van der Waals surface area contributed by atoms with Crippen LogP contribution < -0.4 is 0 Å². The van der Waals surface area contributed by atoms with E-state index in [4.69, 9.17) is 14.2 Å². The fraction of sp³-hybridized carbons (Fsp3) is 0.689. The molecule has 1 unspecified atom stereocenters. The summed E-state index contributed by atoms with van der Waals surface area (Å²) in [7, 11) is 0. The van der Waals surface area contributed by atoms with E-state index < -0.39 is 6.10 Å². The Morgan fingerprint density at radius 1 is 0.263 bits per heavy atom. The normalized spacial score (nSPS) is 12.9. The van der Waals surface area contributed by atoms with Crippen LogP contribution in [0.5, 0.6) is 0 Å². The summed E-state index contributed by atoms with van der Waals surface area (Å²) < 4.78 is 16.9. The molecule has 0 radical (unpaired) electrons. The molecule has 0 aromatic carbocycles. The number of carbonyl (C=O) groups is 3. The molecule has 0 saturated carbocycles. The summed E-state index contributed by atoms with van der Waals surface area (Å²) in [5.74, 6) is -0.962. The van der Waals surface area contributed by atoms with Crippen LogP contribution in [0.1, 0.15) is 310 Å². The second kappa shape index (κ2) is 67.3. The molecule has 0 bridgehead atoms. The molecule has 0 aromatic heterocycles. The van der Waals surface area contributed by atoms with Crippen molar-refractivity contribution in [1.82, 2.24) is 0 Å². The van der Waals surface area contributed by atoms with Crippen LogP contribution in [0.2, 0.25) is 0 Å². The van der Waals surface area contributed by atoms with Crippen molar-refractivity contribution in [3.63, 3.8) is 0 Å². The molecule has 0 amide bonds. The van der Waals surface area contributed by atoms with Crippen molar-refractivity contribution < 1.29 is 28.6 Å². The van der Waals surface area contributed by atoms with E-state index in [0.29, 0.717) is 19.3 Å². The van der Waals surface area contributed by atoms with Gasteiger partial charge in [-0.3, -0.25) is 14.4 Å². The zero-order valence-electron chi connectivity index (χ0n) is 52.3. The smallest absolute Gasteiger partial charge is 0.306 e. The standard InChI is InChI=1S/C74H124O6/c1-4-7-10-13-16-19-22-25-28-31-32-33-34-35-36-37-38-39-40-41-42-44-46-49-52-55-58-61-64-67-73(76)79-70-71(69-78-72(75)66-63-60-57-54-51-48-45-30-27-24-21-18-15-12-9-6-3)80-74(77)68-65-62-59-56-53-50-47-43-29-26-23-20-17-14-11-8-5-2/h7-8,10-11,16-17,19-20,25-26,28-30,32-33,45,47,50,56,59,71H,4-6,9,12-15,18,21-24,27,31,34-44,46,48-49,51-55,57-58,60-70H2,1-3H3/b10-7-,11-8-,19-16-,20-17-,28-25-,29-26-,33-32-,45-30-,50-47-,59-56-. The van der Waals surface area contributed by atoms with E-state index in [1.165, 1.54) is 148 Å². The lowest BCUT2D eigenvalue weighted by atomic mass is 10.0. The predicted molar refractivity (Wildman–Crippen MR) is 348 cm³/mol. The van der Waals surface area contributed by atoms with Crippen molar-refractivity contribution in [1.29, 1.82) is 0 Å². The lowest BCUT2D eigenvalue weighted by molar-refractivity contribution is -0.167. The molecule has 0 aromatic rings. The highest BCUT2D eigenvalue weighted by molar-refractivity contribution is 5.71. The Morgan fingerprint density at radius 2 is 0.500 bits per heavy atom. The molecule has 0 saturated heterocycles. The zero-order valence-corrected chi connectivity index (χ0v) is 52.3. The number of rotatable bonds is 60. The van der Waals surface area contributed by atoms with Crippen LogP contribution in [0.3, 0.4) is 0 Å². The minimum absolute atomic E-state index is 0.103. The Kier molecular flexibility index (Phi) is 63.8. The molecule has 0 N–H and O–H groups in total. The maximum Gasteiger partial charge on any atom is 0.306 e. The first-order valence-corrected chi connectivity index (χ1v) is 33.5. The van der Waals surface area contributed by atoms with Crippen LogP contribution in [0.4, 0.5) is 0 Å². The minimum Gasteiger partial charge on any atom is -0.462 e. The molecule has 6 heteroatoms. The number of allylic oxidation sites excluding steroid dienone is 20. The topological polar surface area (TPSA) is 78.9 Å². The summed E-state index contributed by atoms with van der Waals surface area (Å²) in [6, 6.07) is 0. The van der Waals surface area contributed by atoms with Crippen LogP contribution in [0.25, 0.3) is 0 Å². The van der Waals surface area contributed by atoms with Crippen LogP contribution >= 0.6 is 0 Å². The Hall–Kier alpha value is -4.19. The van der Waals surface area contributed by atoms with Gasteiger partial charge in [0, 0.05) is 19.3 Å². The second-order valence-corrected chi connectivity index (χ2v) is 22.0. The summed E-state index contributed by atoms with van der Waals surface area (Å²) in [6.45, 7) is 6.38. The Labute approximate surface area is 494 Å². The van der Waals surface area contributed by atoms with E-state index in [1.807, 2.05) is 0 Å². The van der Waals surface area contributed by atoms with Crippen molar-refractivity contribution in [2.45, 2.75) is 316 Å². The van der Waals surface area contributed by atoms with Gasteiger partial charge in [0.25, 0.3) is 0 Å². The van der Waals surface area contributed by atoms with Gasteiger partial charge in [-0.05, 0) is 122 Å². The second-order valence-electron chi connectivity index (χ2n) is 22.0. The molecule has 0 fully saturated rings. The van der Waals surface area contributed by atoms with Gasteiger partial charge >= 0.3 is 17.9 Å². The van der Waals surface area contributed by atoms with Gasteiger partial charge in [-0.15, -0.1) is 0 Å². The monoisotopic (exact) mass is 1110 g/mol. The fourth-order valence-corrected chi connectivity index (χ4v) is 9.23. The summed E-state index contributed by atoms with van der Waals surface area (Å²) >= 11 is 0. The first-order valence-electron chi connectivity index (χ1n) is 33.5. The van der Waals surface area contributed by atoms with Crippen LogP contribution in [-0.2, 0) is 28.6 Å². The molecule has 456 valence electrons. The molecule has 0 aliphatic heterocycles. The largest absolute Gasteiger partial charge is 0.462 e. The van der Waals surface area contributed by atoms with Crippen molar-refractivity contribution in [3.05, 3.63) is 122 Å². The molecule has 80 heavy (non-hydrogen) atoms. The van der Waals surface area contributed by atoms with Crippen molar-refractivity contribution in [2.24, 2.45) is 0 Å². The number of unbranched alkanes of at least 4 members (excludes halogenated alkanes) is 29. The summed E-state index contributed by atoms with van der Waals surface area (Å²) in [4.78, 5) is 38.3. The average Bonchev–Trinajstić information content (AvgIpc) is 3.46. The third kappa shape index (κ3) is 64.6. The number of esters is 3.